The van der Waals surface area contributed by atoms with Gasteiger partial charge < -0.3 is 14.8 Å². The lowest BCUT2D eigenvalue weighted by Crippen LogP contribution is -2.39. The summed E-state index contributed by atoms with van der Waals surface area (Å²) in [5.74, 6) is -0.0361. The van der Waals surface area contributed by atoms with Crippen molar-refractivity contribution in [2.45, 2.75) is 6.54 Å². The van der Waals surface area contributed by atoms with Crippen LogP contribution >= 0.6 is 11.6 Å². The maximum Gasteiger partial charge on any atom is 0.260 e. The highest BCUT2D eigenvalue weighted by Gasteiger charge is 2.21. The average Bonchev–Trinajstić information content (AvgIpc) is 2.90. The van der Waals surface area contributed by atoms with Crippen LogP contribution in [0.1, 0.15) is 11.1 Å². The molecule has 0 aliphatic rings. The Morgan fingerprint density at radius 2 is 1.74 bits per heavy atom. The number of nitrogens with one attached hydrogen (secondary N) is 2. The highest BCUT2D eigenvalue weighted by atomic mass is 35.5. The van der Waals surface area contributed by atoms with Crippen LogP contribution in [0.5, 0.6) is 11.5 Å². The number of nitrogens with zero attached hydrogens (tertiary/aromatic N) is 2. The molecule has 2 N–H and O–H groups in total. The third kappa shape index (κ3) is 8.79. The lowest BCUT2D eigenvalue weighted by atomic mass is 10.2. The van der Waals surface area contributed by atoms with Crippen molar-refractivity contribution in [3.63, 3.8) is 0 Å². The number of methoxy groups -OCH3 is 1. The van der Waals surface area contributed by atoms with Gasteiger partial charge in [-0.15, -0.1) is 0 Å². The van der Waals surface area contributed by atoms with Crippen molar-refractivity contribution in [3.8, 4) is 11.5 Å². The number of carbonyl (C=O) groups is 2. The number of carbonyl (C=O) groups excluding carboxylic acids is 2. The Hall–Kier alpha value is -4.09. The Balaban J connectivity index is 1.49. The minimum Gasteiger partial charge on any atom is -0.495 e. The molecule has 10 nitrogen and oxygen atoms in total. The molecule has 0 saturated carbocycles. The second-order valence-corrected chi connectivity index (χ2v) is 10.3. The van der Waals surface area contributed by atoms with Gasteiger partial charge in [-0.2, -0.15) is 5.10 Å². The molecule has 2 amide bonds. The average molecular weight is 559 g/mol. The van der Waals surface area contributed by atoms with Gasteiger partial charge in [-0.1, -0.05) is 41.9 Å². The van der Waals surface area contributed by atoms with Gasteiger partial charge in [0, 0.05) is 6.54 Å². The first-order valence-corrected chi connectivity index (χ1v) is 13.5. The molecule has 3 aromatic rings. The van der Waals surface area contributed by atoms with Gasteiger partial charge in [0.1, 0.15) is 18.0 Å². The second kappa shape index (κ2) is 13.5. The first kappa shape index (κ1) is 28.5. The fraction of sp³-hybridized carbons (Fsp3) is 0.192. The summed E-state index contributed by atoms with van der Waals surface area (Å²) < 4.78 is 36.0. The Labute approximate surface area is 226 Å². The third-order valence-corrected chi connectivity index (χ3v) is 6.53. The van der Waals surface area contributed by atoms with Crippen LogP contribution in [0.15, 0.2) is 77.9 Å². The highest BCUT2D eigenvalue weighted by Crippen LogP contribution is 2.30. The van der Waals surface area contributed by atoms with Gasteiger partial charge in [0.25, 0.3) is 11.8 Å². The summed E-state index contributed by atoms with van der Waals surface area (Å²) >= 11 is 6.10. The topological polar surface area (TPSA) is 126 Å². The highest BCUT2D eigenvalue weighted by molar-refractivity contribution is 7.92. The van der Waals surface area contributed by atoms with Crippen molar-refractivity contribution < 1.29 is 27.5 Å². The zero-order chi connectivity index (χ0) is 27.5. The molecular formula is C26H27ClN4O6S. The zero-order valence-corrected chi connectivity index (χ0v) is 22.3. The molecule has 0 aliphatic carbocycles. The van der Waals surface area contributed by atoms with E-state index in [2.05, 4.69) is 15.8 Å². The van der Waals surface area contributed by atoms with Crippen molar-refractivity contribution >= 4 is 45.3 Å². The number of amides is 2. The minimum atomic E-state index is -3.78. The van der Waals surface area contributed by atoms with Crippen LogP contribution in [0.4, 0.5) is 5.69 Å². The van der Waals surface area contributed by atoms with Crippen LogP contribution in [0, 0.1) is 0 Å². The van der Waals surface area contributed by atoms with Crippen molar-refractivity contribution in [3.05, 3.63) is 88.9 Å². The first-order valence-electron chi connectivity index (χ1n) is 11.3. The molecule has 3 rings (SSSR count). The van der Waals surface area contributed by atoms with Crippen molar-refractivity contribution in [2.24, 2.45) is 5.10 Å². The number of rotatable bonds is 12. The normalized spacial score (nSPS) is 11.1. The van der Waals surface area contributed by atoms with Crippen molar-refractivity contribution in [1.82, 2.24) is 10.7 Å². The molecule has 0 saturated heterocycles. The summed E-state index contributed by atoms with van der Waals surface area (Å²) in [5, 5.41) is 6.86. The fourth-order valence-corrected chi connectivity index (χ4v) is 4.30. The van der Waals surface area contributed by atoms with Gasteiger partial charge >= 0.3 is 0 Å². The number of anilines is 1. The molecule has 0 atom stereocenters. The van der Waals surface area contributed by atoms with E-state index in [1.165, 1.54) is 31.5 Å². The molecule has 12 heteroatoms. The summed E-state index contributed by atoms with van der Waals surface area (Å²) in [6.45, 7) is -0.218. The van der Waals surface area contributed by atoms with E-state index in [-0.39, 0.29) is 23.2 Å². The Morgan fingerprint density at radius 1 is 1.03 bits per heavy atom. The number of hydrazone groups is 1. The predicted octanol–water partition coefficient (Wildman–Crippen LogP) is 2.96. The van der Waals surface area contributed by atoms with Crippen molar-refractivity contribution in [2.75, 3.05) is 30.8 Å². The molecular weight excluding hydrogens is 532 g/mol. The number of ether oxygens (including phenoxy) is 2. The molecule has 0 radical (unpaired) electrons. The smallest absolute Gasteiger partial charge is 0.260 e. The quantitative estimate of drug-likeness (QED) is 0.260. The van der Waals surface area contributed by atoms with E-state index in [1.54, 1.807) is 24.3 Å². The second-order valence-electron chi connectivity index (χ2n) is 8.00. The zero-order valence-electron chi connectivity index (χ0n) is 20.8. The maximum absolute atomic E-state index is 12.4. The summed E-state index contributed by atoms with van der Waals surface area (Å²) in [4.78, 5) is 24.4. The lowest BCUT2D eigenvalue weighted by Gasteiger charge is -2.21. The Bertz CT molecular complexity index is 1380. The molecule has 0 aliphatic heterocycles. The van der Waals surface area contributed by atoms with E-state index in [9.17, 15) is 18.0 Å². The standard InChI is InChI=1S/C26H27ClN4O6S/c1-36-24-13-10-21(14-23(24)27)31(38(2,34)35)17-25(32)30-29-16-20-8-11-22(12-9-20)37-18-26(33)28-15-19-6-4-3-5-7-19/h3-14,16H,15,17-18H2,1-2H3,(H,28,33)(H,30,32)/b29-16-. The van der Waals surface area contributed by atoms with Crippen LogP contribution in [0.25, 0.3) is 0 Å². The van der Waals surface area contributed by atoms with Gasteiger partial charge in [-0.05, 0) is 53.6 Å². The van der Waals surface area contributed by atoms with Crippen LogP contribution in [0.2, 0.25) is 5.02 Å². The monoisotopic (exact) mass is 558 g/mol. The minimum absolute atomic E-state index is 0.132. The van der Waals surface area contributed by atoms with E-state index in [0.29, 0.717) is 23.6 Å². The lowest BCUT2D eigenvalue weighted by molar-refractivity contribution is -0.123. The number of hydrogen-bond donors (Lipinski definition) is 2. The first-order chi connectivity index (χ1) is 18.2. The van der Waals surface area contributed by atoms with Crippen LogP contribution in [-0.2, 0) is 26.2 Å². The van der Waals surface area contributed by atoms with Crippen LogP contribution in [0.3, 0.4) is 0 Å². The van der Waals surface area contributed by atoms with Gasteiger partial charge in [0.15, 0.2) is 6.61 Å². The maximum atomic E-state index is 12.4. The van der Waals surface area contributed by atoms with Crippen molar-refractivity contribution in [1.29, 1.82) is 0 Å². The molecule has 3 aromatic carbocycles. The van der Waals surface area contributed by atoms with E-state index >= 15 is 0 Å². The summed E-state index contributed by atoms with van der Waals surface area (Å²) in [6, 6.07) is 20.6. The van der Waals surface area contributed by atoms with E-state index in [4.69, 9.17) is 21.1 Å². The number of benzene rings is 3. The van der Waals surface area contributed by atoms with Crippen LogP contribution in [-0.4, -0.2) is 53.0 Å². The van der Waals surface area contributed by atoms with Gasteiger partial charge in [0.05, 0.1) is 30.3 Å². The Morgan fingerprint density at radius 3 is 2.37 bits per heavy atom. The number of sulfonamides is 1. The van der Waals surface area contributed by atoms with E-state index < -0.39 is 22.5 Å². The molecule has 0 unspecified atom stereocenters. The summed E-state index contributed by atoms with van der Waals surface area (Å²) in [7, 11) is -2.34. The van der Waals surface area contributed by atoms with E-state index in [1.807, 2.05) is 30.3 Å². The number of hydrogen-bond acceptors (Lipinski definition) is 7. The van der Waals surface area contributed by atoms with Gasteiger partial charge in [-0.25, -0.2) is 13.8 Å². The van der Waals surface area contributed by atoms with Crippen LogP contribution < -0.4 is 24.5 Å². The molecule has 0 aromatic heterocycles. The molecule has 0 spiro atoms. The number of halogens is 1. The summed E-state index contributed by atoms with van der Waals surface area (Å²) in [6.07, 6.45) is 2.38. The SMILES string of the molecule is COc1ccc(N(CC(=O)N/N=C\c2ccc(OCC(=O)NCc3ccccc3)cc2)S(C)(=O)=O)cc1Cl. The van der Waals surface area contributed by atoms with Gasteiger partial charge in [0.2, 0.25) is 10.0 Å². The molecule has 0 bridgehead atoms. The predicted molar refractivity (Wildman–Crippen MR) is 146 cm³/mol. The molecule has 200 valence electrons. The molecule has 0 fully saturated rings. The van der Waals surface area contributed by atoms with Gasteiger partial charge in [-0.3, -0.25) is 13.9 Å². The van der Waals surface area contributed by atoms with E-state index in [0.717, 1.165) is 16.1 Å². The fourth-order valence-electron chi connectivity index (χ4n) is 3.20. The Kier molecular flexibility index (Phi) is 10.1. The largest absolute Gasteiger partial charge is 0.495 e. The third-order valence-electron chi connectivity index (χ3n) is 5.10. The molecule has 0 heterocycles. The summed E-state index contributed by atoms with van der Waals surface area (Å²) in [5.41, 5.74) is 4.15. The molecule has 38 heavy (non-hydrogen) atoms.